The highest BCUT2D eigenvalue weighted by Gasteiger charge is 2.12. The summed E-state index contributed by atoms with van der Waals surface area (Å²) in [5.41, 5.74) is 1.09. The summed E-state index contributed by atoms with van der Waals surface area (Å²) < 4.78 is 10.5. The molecule has 5 heteroatoms. The summed E-state index contributed by atoms with van der Waals surface area (Å²) in [5, 5.41) is 9.54. The van der Waals surface area contributed by atoms with E-state index in [0.29, 0.717) is 17.4 Å². The highest BCUT2D eigenvalue weighted by atomic mass is 35.5. The summed E-state index contributed by atoms with van der Waals surface area (Å²) in [7, 11) is 0. The van der Waals surface area contributed by atoms with E-state index in [1.807, 2.05) is 12.1 Å². The number of halogens is 1. The first-order chi connectivity index (χ1) is 8.66. The van der Waals surface area contributed by atoms with E-state index in [-0.39, 0.29) is 12.2 Å². The molecule has 0 unspecified atom stereocenters. The monoisotopic (exact) mass is 266 g/mol. The van der Waals surface area contributed by atoms with Gasteiger partial charge < -0.3 is 14.3 Å². The van der Waals surface area contributed by atoms with Crippen molar-refractivity contribution in [2.24, 2.45) is 0 Å². The Labute approximate surface area is 109 Å². The van der Waals surface area contributed by atoms with Gasteiger partial charge in [0.25, 0.3) is 0 Å². The standard InChI is InChI=1S/C13H11ClO4/c14-10-3-1-9(2-4-10)7-17-8-12-11(13(15)16)5-6-18-12/h1-6H,7-8H2,(H,15,16). The number of carboxylic acids is 1. The maximum atomic E-state index is 10.8. The van der Waals surface area contributed by atoms with E-state index in [0.717, 1.165) is 5.56 Å². The molecule has 0 spiro atoms. The lowest BCUT2D eigenvalue weighted by Crippen LogP contribution is -2.01. The van der Waals surface area contributed by atoms with Gasteiger partial charge in [0, 0.05) is 5.02 Å². The van der Waals surface area contributed by atoms with Crippen molar-refractivity contribution in [3.8, 4) is 0 Å². The number of hydrogen-bond acceptors (Lipinski definition) is 3. The minimum absolute atomic E-state index is 0.122. The fraction of sp³-hybridized carbons (Fsp3) is 0.154. The van der Waals surface area contributed by atoms with Crippen LogP contribution < -0.4 is 0 Å². The molecule has 94 valence electrons. The van der Waals surface area contributed by atoms with Gasteiger partial charge in [0.2, 0.25) is 0 Å². The normalized spacial score (nSPS) is 10.5. The molecule has 0 saturated heterocycles. The first kappa shape index (κ1) is 12.7. The molecule has 0 amide bonds. The predicted molar refractivity (Wildman–Crippen MR) is 65.6 cm³/mol. The lowest BCUT2D eigenvalue weighted by Gasteiger charge is -2.03. The predicted octanol–water partition coefficient (Wildman–Crippen LogP) is 3.35. The average Bonchev–Trinajstić information content (AvgIpc) is 2.80. The molecular weight excluding hydrogens is 256 g/mol. The van der Waals surface area contributed by atoms with Crippen LogP contribution in [0.5, 0.6) is 0 Å². The molecule has 4 nitrogen and oxygen atoms in total. The number of aromatic carboxylic acids is 1. The molecule has 1 heterocycles. The van der Waals surface area contributed by atoms with E-state index in [4.69, 9.17) is 25.9 Å². The number of rotatable bonds is 5. The second kappa shape index (κ2) is 5.71. The maximum absolute atomic E-state index is 10.8. The van der Waals surface area contributed by atoms with E-state index in [2.05, 4.69) is 0 Å². The van der Waals surface area contributed by atoms with E-state index >= 15 is 0 Å². The van der Waals surface area contributed by atoms with Crippen molar-refractivity contribution in [2.75, 3.05) is 0 Å². The van der Waals surface area contributed by atoms with Gasteiger partial charge in [0.15, 0.2) is 0 Å². The van der Waals surface area contributed by atoms with Crippen molar-refractivity contribution < 1.29 is 19.1 Å². The summed E-state index contributed by atoms with van der Waals surface area (Å²) in [4.78, 5) is 10.8. The lowest BCUT2D eigenvalue weighted by molar-refractivity contribution is 0.0671. The van der Waals surface area contributed by atoms with Crippen LogP contribution in [0.4, 0.5) is 0 Å². The van der Waals surface area contributed by atoms with Crippen LogP contribution in [0.25, 0.3) is 0 Å². The van der Waals surface area contributed by atoms with Gasteiger partial charge in [-0.05, 0) is 23.8 Å². The van der Waals surface area contributed by atoms with Crippen LogP contribution in [0.1, 0.15) is 21.7 Å². The second-order valence-corrected chi connectivity index (χ2v) is 4.12. The number of benzene rings is 1. The zero-order valence-electron chi connectivity index (χ0n) is 9.43. The topological polar surface area (TPSA) is 59.7 Å². The summed E-state index contributed by atoms with van der Waals surface area (Å²) in [6.45, 7) is 0.494. The molecule has 0 saturated carbocycles. The summed E-state index contributed by atoms with van der Waals surface area (Å²) in [6.07, 6.45) is 1.34. The molecule has 0 aliphatic rings. The van der Waals surface area contributed by atoms with E-state index in [1.54, 1.807) is 12.1 Å². The first-order valence-electron chi connectivity index (χ1n) is 5.28. The minimum atomic E-state index is -1.02. The zero-order valence-corrected chi connectivity index (χ0v) is 10.2. The van der Waals surface area contributed by atoms with Gasteiger partial charge in [-0.3, -0.25) is 0 Å². The molecule has 0 bridgehead atoms. The lowest BCUT2D eigenvalue weighted by atomic mass is 10.2. The van der Waals surface area contributed by atoms with Crippen LogP contribution in [0.15, 0.2) is 41.0 Å². The Bertz CT molecular complexity index is 530. The largest absolute Gasteiger partial charge is 0.478 e. The summed E-state index contributed by atoms with van der Waals surface area (Å²) >= 11 is 5.76. The number of hydrogen-bond donors (Lipinski definition) is 1. The molecule has 1 N–H and O–H groups in total. The molecular formula is C13H11ClO4. The fourth-order valence-electron chi connectivity index (χ4n) is 1.49. The third-order valence-corrected chi connectivity index (χ3v) is 2.64. The third-order valence-electron chi connectivity index (χ3n) is 2.39. The fourth-order valence-corrected chi connectivity index (χ4v) is 1.61. The minimum Gasteiger partial charge on any atom is -0.478 e. The molecule has 0 aliphatic carbocycles. The Hall–Kier alpha value is -1.78. The van der Waals surface area contributed by atoms with Crippen LogP contribution in [0.3, 0.4) is 0 Å². The number of furan rings is 1. The van der Waals surface area contributed by atoms with Crippen molar-refractivity contribution in [1.29, 1.82) is 0 Å². The van der Waals surface area contributed by atoms with Gasteiger partial charge in [0.1, 0.15) is 17.9 Å². The smallest absolute Gasteiger partial charge is 0.339 e. The van der Waals surface area contributed by atoms with Crippen molar-refractivity contribution >= 4 is 17.6 Å². The van der Waals surface area contributed by atoms with Crippen LogP contribution in [-0.2, 0) is 18.0 Å². The molecule has 0 aliphatic heterocycles. The van der Waals surface area contributed by atoms with Gasteiger partial charge in [-0.25, -0.2) is 4.79 Å². The van der Waals surface area contributed by atoms with Crippen LogP contribution in [0.2, 0.25) is 5.02 Å². The molecule has 2 rings (SSSR count). The first-order valence-corrected chi connectivity index (χ1v) is 5.66. The van der Waals surface area contributed by atoms with Gasteiger partial charge in [-0.2, -0.15) is 0 Å². The Morgan fingerprint density at radius 2 is 1.94 bits per heavy atom. The van der Waals surface area contributed by atoms with Gasteiger partial charge in [-0.1, -0.05) is 23.7 Å². The molecule has 2 aromatic rings. The second-order valence-electron chi connectivity index (χ2n) is 3.68. The van der Waals surface area contributed by atoms with E-state index in [1.165, 1.54) is 12.3 Å². The van der Waals surface area contributed by atoms with Crippen molar-refractivity contribution in [3.05, 3.63) is 58.5 Å². The van der Waals surface area contributed by atoms with Crippen LogP contribution >= 0.6 is 11.6 Å². The highest BCUT2D eigenvalue weighted by molar-refractivity contribution is 6.30. The van der Waals surface area contributed by atoms with E-state index < -0.39 is 5.97 Å². The Morgan fingerprint density at radius 1 is 1.22 bits per heavy atom. The van der Waals surface area contributed by atoms with Crippen molar-refractivity contribution in [3.63, 3.8) is 0 Å². The zero-order chi connectivity index (χ0) is 13.0. The number of ether oxygens (including phenoxy) is 1. The van der Waals surface area contributed by atoms with Crippen molar-refractivity contribution in [2.45, 2.75) is 13.2 Å². The maximum Gasteiger partial charge on any atom is 0.339 e. The Kier molecular flexibility index (Phi) is 4.02. The molecule has 0 radical (unpaired) electrons. The summed E-state index contributed by atoms with van der Waals surface area (Å²) in [6, 6.07) is 8.65. The van der Waals surface area contributed by atoms with Crippen LogP contribution in [0, 0.1) is 0 Å². The molecule has 1 aromatic carbocycles. The Balaban J connectivity index is 1.90. The Morgan fingerprint density at radius 3 is 2.61 bits per heavy atom. The van der Waals surface area contributed by atoms with Gasteiger partial charge in [0.05, 0.1) is 12.9 Å². The molecule has 1 aromatic heterocycles. The highest BCUT2D eigenvalue weighted by Crippen LogP contribution is 2.14. The average molecular weight is 267 g/mol. The quantitative estimate of drug-likeness (QED) is 0.902. The summed E-state index contributed by atoms with van der Waals surface area (Å²) in [5.74, 6) is -0.703. The van der Waals surface area contributed by atoms with Crippen LogP contribution in [-0.4, -0.2) is 11.1 Å². The number of carboxylic acid groups (broad SMARTS) is 1. The molecule has 0 fully saturated rings. The van der Waals surface area contributed by atoms with Gasteiger partial charge >= 0.3 is 5.97 Å². The van der Waals surface area contributed by atoms with Gasteiger partial charge in [-0.15, -0.1) is 0 Å². The SMILES string of the molecule is O=C(O)c1ccoc1COCc1ccc(Cl)cc1. The number of carbonyl (C=O) groups is 1. The third kappa shape index (κ3) is 3.12. The molecule has 0 atom stereocenters. The molecule has 18 heavy (non-hydrogen) atoms. The van der Waals surface area contributed by atoms with Crippen molar-refractivity contribution in [1.82, 2.24) is 0 Å². The van der Waals surface area contributed by atoms with E-state index in [9.17, 15) is 4.79 Å².